The van der Waals surface area contributed by atoms with E-state index in [1.807, 2.05) is 6.92 Å². The highest BCUT2D eigenvalue weighted by atomic mass is 127. The van der Waals surface area contributed by atoms with E-state index >= 15 is 0 Å². The molecule has 3 rings (SSSR count). The number of sulfonamides is 1. The highest BCUT2D eigenvalue weighted by molar-refractivity contribution is 14.1. The summed E-state index contributed by atoms with van der Waals surface area (Å²) in [4.78, 5) is 17.3. The van der Waals surface area contributed by atoms with Gasteiger partial charge in [0.2, 0.25) is 0 Å². The molecule has 0 atom stereocenters. The van der Waals surface area contributed by atoms with Crippen LogP contribution in [0.1, 0.15) is 10.4 Å². The molecule has 0 spiro atoms. The Hall–Kier alpha value is -1.66. The molecule has 0 bridgehead atoms. The van der Waals surface area contributed by atoms with Crippen molar-refractivity contribution in [3.63, 3.8) is 0 Å². The van der Waals surface area contributed by atoms with Gasteiger partial charge in [0, 0.05) is 16.6 Å². The Morgan fingerprint density at radius 1 is 1.39 bits per heavy atom. The number of aliphatic hydroxyl groups excluding tert-OH is 1. The molecule has 0 unspecified atom stereocenters. The molecule has 23 heavy (non-hydrogen) atoms. The molecule has 0 saturated heterocycles. The molecule has 120 valence electrons. The van der Waals surface area contributed by atoms with Gasteiger partial charge in [0.15, 0.2) is 16.6 Å². The lowest BCUT2D eigenvalue weighted by Crippen LogP contribution is -2.33. The van der Waals surface area contributed by atoms with Crippen molar-refractivity contribution in [3.8, 4) is 0 Å². The van der Waals surface area contributed by atoms with Crippen LogP contribution in [0.25, 0.3) is 5.76 Å². The van der Waals surface area contributed by atoms with Crippen LogP contribution in [0.3, 0.4) is 0 Å². The molecule has 1 aliphatic rings. The number of nitrogens with zero attached hydrogens (tertiary/aromatic N) is 2. The Bertz CT molecular complexity index is 936. The molecule has 1 aromatic carbocycles. The molecule has 2 aromatic rings. The van der Waals surface area contributed by atoms with Crippen LogP contribution < -0.4 is 5.32 Å². The number of hydrogen-bond acceptors (Lipinski definition) is 6. The molecular formula is C13H10IN3O4S2. The summed E-state index contributed by atoms with van der Waals surface area (Å²) in [5, 5.41) is 13.2. The van der Waals surface area contributed by atoms with Crippen LogP contribution >= 0.6 is 34.2 Å². The maximum absolute atomic E-state index is 12.5. The van der Waals surface area contributed by atoms with Gasteiger partial charge in [-0.15, -0.1) is 11.3 Å². The van der Waals surface area contributed by atoms with Gasteiger partial charge in [0.25, 0.3) is 15.9 Å². The first-order valence-electron chi connectivity index (χ1n) is 6.30. The lowest BCUT2D eigenvalue weighted by Gasteiger charge is -2.26. The maximum Gasteiger partial charge on any atom is 0.279 e. The monoisotopic (exact) mass is 463 g/mol. The molecule has 1 aromatic heterocycles. The molecule has 0 aliphatic carbocycles. The summed E-state index contributed by atoms with van der Waals surface area (Å²) in [5.74, 6) is -1.14. The Balaban J connectivity index is 2.09. The first kappa shape index (κ1) is 16.2. The van der Waals surface area contributed by atoms with E-state index in [9.17, 15) is 18.3 Å². The molecule has 2 N–H and O–H groups in total. The number of amides is 1. The van der Waals surface area contributed by atoms with Crippen molar-refractivity contribution in [3.05, 3.63) is 46.6 Å². The summed E-state index contributed by atoms with van der Waals surface area (Å²) in [6.45, 7) is 1.83. The number of hydrogen-bond donors (Lipinski definition) is 2. The van der Waals surface area contributed by atoms with E-state index in [0.717, 1.165) is 7.40 Å². The third kappa shape index (κ3) is 2.70. The molecule has 1 aliphatic heterocycles. The van der Waals surface area contributed by atoms with Gasteiger partial charge in [0.05, 0.1) is 27.8 Å². The Morgan fingerprint density at radius 3 is 2.74 bits per heavy atom. The van der Waals surface area contributed by atoms with Gasteiger partial charge < -0.3 is 5.11 Å². The van der Waals surface area contributed by atoms with E-state index in [2.05, 4.69) is 10.3 Å². The van der Waals surface area contributed by atoms with Crippen molar-refractivity contribution in [2.24, 2.45) is 0 Å². The SMILES string of the molecule is Cc1cnc(NC(=O)C2=C(O)c3ccccc3S(=O)(=O)N2I)s1. The van der Waals surface area contributed by atoms with Crippen molar-refractivity contribution < 1.29 is 18.3 Å². The molecular weight excluding hydrogens is 453 g/mol. The minimum atomic E-state index is -3.91. The molecule has 0 saturated carbocycles. The van der Waals surface area contributed by atoms with E-state index in [-0.39, 0.29) is 16.2 Å². The number of thiazole rings is 1. The zero-order chi connectivity index (χ0) is 16.8. The van der Waals surface area contributed by atoms with Gasteiger partial charge in [-0.25, -0.2) is 13.4 Å². The van der Waals surface area contributed by atoms with E-state index < -0.39 is 21.7 Å². The largest absolute Gasteiger partial charge is 0.505 e. The standard InChI is InChI=1S/C13H10IN3O4S2/c1-7-6-15-13(22-7)16-12(19)10-11(18)8-4-2-3-5-9(8)23(20,21)17(10)14/h2-6,18H,1H3,(H,15,16,19). The third-order valence-electron chi connectivity index (χ3n) is 3.09. The second-order valence-electron chi connectivity index (χ2n) is 4.64. The van der Waals surface area contributed by atoms with Crippen molar-refractivity contribution in [1.82, 2.24) is 7.50 Å². The number of benzene rings is 1. The first-order chi connectivity index (χ1) is 10.8. The summed E-state index contributed by atoms with van der Waals surface area (Å²) in [7, 11) is -3.91. The fourth-order valence-corrected chi connectivity index (χ4v) is 5.08. The summed E-state index contributed by atoms with van der Waals surface area (Å²) < 4.78 is 25.8. The predicted molar refractivity (Wildman–Crippen MR) is 94.5 cm³/mol. The van der Waals surface area contributed by atoms with Crippen LogP contribution in [-0.4, -0.2) is 26.9 Å². The van der Waals surface area contributed by atoms with Gasteiger partial charge >= 0.3 is 0 Å². The zero-order valence-electron chi connectivity index (χ0n) is 11.6. The zero-order valence-corrected chi connectivity index (χ0v) is 15.4. The van der Waals surface area contributed by atoms with E-state index in [4.69, 9.17) is 0 Å². The van der Waals surface area contributed by atoms with Crippen LogP contribution in [0, 0.1) is 6.92 Å². The number of carbonyl (C=O) groups is 1. The lowest BCUT2D eigenvalue weighted by atomic mass is 10.1. The number of nitrogens with one attached hydrogen (secondary N) is 1. The minimum absolute atomic E-state index is 0.0476. The maximum atomic E-state index is 12.5. The predicted octanol–water partition coefficient (Wildman–Crippen LogP) is 2.67. The van der Waals surface area contributed by atoms with Crippen molar-refractivity contribution in [2.45, 2.75) is 11.8 Å². The number of carbonyl (C=O) groups excluding carboxylic acids is 1. The topological polar surface area (TPSA) is 99.6 Å². The number of rotatable bonds is 2. The van der Waals surface area contributed by atoms with Crippen molar-refractivity contribution in [2.75, 3.05) is 5.32 Å². The number of halogens is 1. The van der Waals surface area contributed by atoms with Crippen molar-refractivity contribution in [1.29, 1.82) is 0 Å². The third-order valence-corrected chi connectivity index (χ3v) is 7.47. The Labute approximate surface area is 150 Å². The quantitative estimate of drug-likeness (QED) is 0.527. The summed E-state index contributed by atoms with van der Waals surface area (Å²) in [6.07, 6.45) is 1.59. The van der Waals surface area contributed by atoms with E-state index in [0.29, 0.717) is 5.13 Å². The second-order valence-corrected chi connectivity index (χ2v) is 9.25. The van der Waals surface area contributed by atoms with Crippen LogP contribution in [0.15, 0.2) is 41.1 Å². The molecule has 0 fully saturated rings. The fourth-order valence-electron chi connectivity index (χ4n) is 2.06. The van der Waals surface area contributed by atoms with Gasteiger partial charge in [0.1, 0.15) is 0 Å². The van der Waals surface area contributed by atoms with Crippen LogP contribution in [0.2, 0.25) is 0 Å². The van der Waals surface area contributed by atoms with Gasteiger partial charge in [-0.2, -0.15) is 2.52 Å². The first-order valence-corrected chi connectivity index (χ1v) is 9.52. The molecule has 0 radical (unpaired) electrons. The average molecular weight is 463 g/mol. The summed E-state index contributed by atoms with van der Waals surface area (Å²) in [6, 6.07) is 5.97. The van der Waals surface area contributed by atoms with Gasteiger partial charge in [-0.1, -0.05) is 12.1 Å². The normalized spacial score (nSPS) is 16.2. The molecule has 7 nitrogen and oxygen atoms in total. The average Bonchev–Trinajstić information content (AvgIpc) is 2.91. The minimum Gasteiger partial charge on any atom is -0.505 e. The highest BCUT2D eigenvalue weighted by Gasteiger charge is 2.39. The van der Waals surface area contributed by atoms with Crippen LogP contribution in [0.4, 0.5) is 5.13 Å². The molecule has 10 heteroatoms. The Morgan fingerprint density at radius 2 is 2.09 bits per heavy atom. The molecule has 2 heterocycles. The van der Waals surface area contributed by atoms with Gasteiger partial charge in [-0.3, -0.25) is 10.1 Å². The number of fused-ring (bicyclic) bond motifs is 1. The smallest absolute Gasteiger partial charge is 0.279 e. The van der Waals surface area contributed by atoms with Crippen LogP contribution in [-0.2, 0) is 14.8 Å². The number of anilines is 1. The van der Waals surface area contributed by atoms with Crippen molar-refractivity contribution >= 4 is 61.0 Å². The Kier molecular flexibility index (Phi) is 4.06. The van der Waals surface area contributed by atoms with E-state index in [1.165, 1.54) is 46.3 Å². The number of aliphatic hydroxyl groups is 1. The van der Waals surface area contributed by atoms with Crippen LogP contribution in [0.5, 0.6) is 0 Å². The molecule has 1 amide bonds. The lowest BCUT2D eigenvalue weighted by molar-refractivity contribution is -0.113. The van der Waals surface area contributed by atoms with E-state index in [1.54, 1.807) is 18.3 Å². The second kappa shape index (κ2) is 5.76. The number of aryl methyl sites for hydroxylation is 1. The van der Waals surface area contributed by atoms with Gasteiger partial charge in [-0.05, 0) is 19.1 Å². The fraction of sp³-hybridized carbons (Fsp3) is 0.0769. The summed E-state index contributed by atoms with van der Waals surface area (Å²) in [5.41, 5.74) is -0.252. The highest BCUT2D eigenvalue weighted by Crippen LogP contribution is 2.38. The summed E-state index contributed by atoms with van der Waals surface area (Å²) >= 11 is 2.74. The number of aromatic nitrogens is 1.